The van der Waals surface area contributed by atoms with E-state index in [1.165, 1.54) is 0 Å². The molecule has 2 aliphatic heterocycles. The smallest absolute Gasteiger partial charge is 0.0600 e. The molecule has 4 unspecified atom stereocenters. The van der Waals surface area contributed by atoms with Gasteiger partial charge in [-0.2, -0.15) is 0 Å². The van der Waals surface area contributed by atoms with Crippen LogP contribution in [0, 0.1) is 23.7 Å². The van der Waals surface area contributed by atoms with Gasteiger partial charge in [-0.3, -0.25) is 0 Å². The van der Waals surface area contributed by atoms with Crippen molar-refractivity contribution in [3.05, 3.63) is 10.6 Å². The summed E-state index contributed by atoms with van der Waals surface area (Å²) in [5, 5.41) is 6.71. The molecular weight excluding hydrogens is 628 g/mol. The summed E-state index contributed by atoms with van der Waals surface area (Å²) in [6.07, 6.45) is 1.47. The van der Waals surface area contributed by atoms with Gasteiger partial charge in [-0.1, -0.05) is 27.7 Å². The second kappa shape index (κ2) is 10.4. The van der Waals surface area contributed by atoms with Gasteiger partial charge in [-0.15, -0.1) is 0 Å². The zero-order valence-corrected chi connectivity index (χ0v) is 18.9. The maximum absolute atomic E-state index is 11.0. The van der Waals surface area contributed by atoms with Gasteiger partial charge in [-0.25, -0.2) is 0 Å². The van der Waals surface area contributed by atoms with Gasteiger partial charge in [0.15, 0.2) is 0 Å². The molecule has 4 atom stereocenters. The Hall–Kier alpha value is -0.343. The molecule has 4 amide bonds. The van der Waals surface area contributed by atoms with E-state index in [2.05, 4.69) is 10.6 Å². The van der Waals surface area contributed by atoms with Crippen molar-refractivity contribution in [2.75, 3.05) is 0 Å². The Morgan fingerprint density at radius 1 is 0.818 bits per heavy atom. The number of imide groups is 2. The van der Waals surface area contributed by atoms with E-state index in [1.54, 1.807) is 13.8 Å². The molecule has 0 aromatic rings. The fraction of sp³-hybridized carbons (Fsp3) is 0.714. The first kappa shape index (κ1) is 23.9. The maximum atomic E-state index is 11.0. The summed E-state index contributed by atoms with van der Waals surface area (Å²) in [5.41, 5.74) is 0. The molecule has 0 aliphatic carbocycles. The molecule has 2 rings (SSSR count). The molecule has 6 nitrogen and oxygen atoms in total. The molecule has 2 aliphatic rings. The van der Waals surface area contributed by atoms with Crippen LogP contribution in [0.25, 0.3) is 10.6 Å². The Kier molecular flexibility index (Phi) is 11.3. The summed E-state index contributed by atoms with van der Waals surface area (Å²) >= 11 is 0. The molecule has 2 fully saturated rings. The first-order chi connectivity index (χ1) is 9.27. The number of nitrogens with zero attached hydrogens (tertiary/aromatic N) is 2. The second-order valence-electron chi connectivity index (χ2n) is 5.40. The number of amides is 4. The van der Waals surface area contributed by atoms with E-state index in [0.717, 1.165) is 6.42 Å². The number of carbonyl (C=O) groups excluding carboxylic acids is 4. The normalized spacial score (nSPS) is 30.2. The fourth-order valence-electron chi connectivity index (χ4n) is 2.02. The SMILES string of the molecule is CC1C(=O)[N-]C(=O)C1C.CCC1CC(C)C(=O)[N-]C1=O.[W].[W]. The van der Waals surface area contributed by atoms with Gasteiger partial charge in [-0.05, 0) is 18.8 Å². The largest absolute Gasteiger partial charge is 0.595 e. The van der Waals surface area contributed by atoms with E-state index in [-0.39, 0.29) is 89.4 Å². The Labute approximate surface area is 159 Å². The standard InChI is InChI=1S/C8H13NO2.C6H9NO2.2W/c1-3-6-4-5(2)7(10)9-8(6)11;1-3-4(2)6(9)7-5(3)8;;/h5-6H,3-4H2,1-2H3,(H,9,10,11);3-4H,1-2H3,(H,7,8,9);;/p-2. The Bertz CT molecular complexity index is 425. The Morgan fingerprint density at radius 3 is 1.55 bits per heavy atom. The van der Waals surface area contributed by atoms with E-state index in [4.69, 9.17) is 0 Å². The van der Waals surface area contributed by atoms with E-state index in [9.17, 15) is 19.2 Å². The predicted octanol–water partition coefficient (Wildman–Crippen LogP) is 2.17. The van der Waals surface area contributed by atoms with Crippen molar-refractivity contribution in [3.63, 3.8) is 0 Å². The van der Waals surface area contributed by atoms with Crippen LogP contribution in [0.3, 0.4) is 0 Å². The third kappa shape index (κ3) is 6.04. The molecule has 0 aromatic heterocycles. The number of hydrogen-bond donors (Lipinski definition) is 0. The minimum atomic E-state index is -0.271. The van der Waals surface area contributed by atoms with Gasteiger partial charge in [0.25, 0.3) is 0 Å². The van der Waals surface area contributed by atoms with Crippen molar-refractivity contribution in [2.24, 2.45) is 23.7 Å². The van der Waals surface area contributed by atoms with E-state index >= 15 is 0 Å². The summed E-state index contributed by atoms with van der Waals surface area (Å²) < 4.78 is 0. The molecule has 0 N–H and O–H groups in total. The Balaban J connectivity index is 0. The van der Waals surface area contributed by atoms with Crippen molar-refractivity contribution in [2.45, 2.75) is 40.5 Å². The summed E-state index contributed by atoms with van der Waals surface area (Å²) in [6, 6.07) is 0. The summed E-state index contributed by atoms with van der Waals surface area (Å²) in [6.45, 7) is 7.21. The molecule has 22 heavy (non-hydrogen) atoms. The molecule has 2 saturated heterocycles. The number of piperidine rings is 1. The van der Waals surface area contributed by atoms with Gasteiger partial charge < -0.3 is 29.8 Å². The van der Waals surface area contributed by atoms with Gasteiger partial charge >= 0.3 is 0 Å². The van der Waals surface area contributed by atoms with Crippen LogP contribution in [0.4, 0.5) is 0 Å². The van der Waals surface area contributed by atoms with Crippen LogP contribution >= 0.6 is 0 Å². The molecule has 8 heteroatoms. The minimum Gasteiger partial charge on any atom is -0.595 e. The summed E-state index contributed by atoms with van der Waals surface area (Å²) in [7, 11) is 0. The molecule has 0 aromatic carbocycles. The number of carbonyl (C=O) groups is 4. The zero-order chi connectivity index (χ0) is 15.4. The second-order valence-corrected chi connectivity index (χ2v) is 5.40. The van der Waals surface area contributed by atoms with E-state index in [1.807, 2.05) is 13.8 Å². The minimum absolute atomic E-state index is 0. The van der Waals surface area contributed by atoms with Crippen molar-refractivity contribution < 1.29 is 61.3 Å². The van der Waals surface area contributed by atoms with Gasteiger partial charge in [0.2, 0.25) is 0 Å². The van der Waals surface area contributed by atoms with Crippen LogP contribution in [0.2, 0.25) is 0 Å². The topological polar surface area (TPSA) is 96.5 Å². The molecule has 124 valence electrons. The van der Waals surface area contributed by atoms with Crippen LogP contribution in [0.1, 0.15) is 40.5 Å². The van der Waals surface area contributed by atoms with Crippen molar-refractivity contribution in [1.29, 1.82) is 0 Å². The molecule has 0 radical (unpaired) electrons. The van der Waals surface area contributed by atoms with Crippen molar-refractivity contribution in [1.82, 2.24) is 0 Å². The summed E-state index contributed by atoms with van der Waals surface area (Å²) in [5.74, 6) is -1.48. The maximum Gasteiger partial charge on any atom is 0.0600 e. The predicted molar refractivity (Wildman–Crippen MR) is 72.6 cm³/mol. The molecular formula is C14H20N2O4W2-2. The van der Waals surface area contributed by atoms with Gasteiger partial charge in [0, 0.05) is 59.9 Å². The van der Waals surface area contributed by atoms with Crippen LogP contribution < -0.4 is 0 Å². The molecule has 0 bridgehead atoms. The Morgan fingerprint density at radius 2 is 1.23 bits per heavy atom. The van der Waals surface area contributed by atoms with Crippen molar-refractivity contribution in [3.8, 4) is 0 Å². The number of rotatable bonds is 1. The average Bonchev–Trinajstić information content (AvgIpc) is 2.61. The quantitative estimate of drug-likeness (QED) is 0.408. The summed E-state index contributed by atoms with van der Waals surface area (Å²) in [4.78, 5) is 43.1. The zero-order valence-electron chi connectivity index (χ0n) is 13.1. The van der Waals surface area contributed by atoms with Crippen molar-refractivity contribution >= 4 is 23.6 Å². The van der Waals surface area contributed by atoms with Crippen LogP contribution in [0.15, 0.2) is 0 Å². The van der Waals surface area contributed by atoms with E-state index in [0.29, 0.717) is 6.42 Å². The monoisotopic (exact) mass is 648 g/mol. The third-order valence-corrected chi connectivity index (χ3v) is 3.87. The van der Waals surface area contributed by atoms with E-state index < -0.39 is 0 Å². The third-order valence-electron chi connectivity index (χ3n) is 3.87. The molecule has 0 saturated carbocycles. The first-order valence-electron chi connectivity index (χ1n) is 6.86. The van der Waals surface area contributed by atoms with Crippen LogP contribution in [-0.2, 0) is 61.3 Å². The van der Waals surface area contributed by atoms with Gasteiger partial charge in [0.1, 0.15) is 0 Å². The molecule has 2 heterocycles. The van der Waals surface area contributed by atoms with Crippen LogP contribution in [0.5, 0.6) is 0 Å². The average molecular weight is 648 g/mol. The fourth-order valence-corrected chi connectivity index (χ4v) is 2.02. The van der Waals surface area contributed by atoms with Gasteiger partial charge in [0.05, 0.1) is 23.6 Å². The first-order valence-corrected chi connectivity index (χ1v) is 6.86. The number of hydrogen-bond acceptors (Lipinski definition) is 4. The molecule has 0 spiro atoms. The van der Waals surface area contributed by atoms with Crippen LogP contribution in [-0.4, -0.2) is 23.6 Å².